The molecule has 0 unspecified atom stereocenters. The third kappa shape index (κ3) is 3.24. The Morgan fingerprint density at radius 1 is 1.31 bits per heavy atom. The second-order valence-electron chi connectivity index (χ2n) is 7.49. The van der Waals surface area contributed by atoms with Crippen molar-refractivity contribution in [1.82, 2.24) is 24.5 Å². The second kappa shape index (κ2) is 7.13. The number of likely N-dealkylation sites (tertiary alicyclic amines) is 1. The van der Waals surface area contributed by atoms with Gasteiger partial charge in [0.05, 0.1) is 29.0 Å². The summed E-state index contributed by atoms with van der Waals surface area (Å²) >= 11 is 1.74. The number of nitrogens with two attached hydrogens (primary N) is 1. The Morgan fingerprint density at radius 2 is 2.21 bits per heavy atom. The number of aryl methyl sites for hydroxylation is 1. The van der Waals surface area contributed by atoms with E-state index in [0.717, 1.165) is 59.0 Å². The molecule has 8 heteroatoms. The predicted molar refractivity (Wildman–Crippen MR) is 113 cm³/mol. The van der Waals surface area contributed by atoms with E-state index in [-0.39, 0.29) is 11.9 Å². The van der Waals surface area contributed by atoms with Gasteiger partial charge in [0.25, 0.3) is 0 Å². The highest BCUT2D eigenvalue weighted by molar-refractivity contribution is 7.15. The quantitative estimate of drug-likeness (QED) is 0.532. The third-order valence-corrected chi connectivity index (χ3v) is 6.70. The van der Waals surface area contributed by atoms with Crippen molar-refractivity contribution in [2.24, 2.45) is 5.73 Å². The Morgan fingerprint density at radius 3 is 3.00 bits per heavy atom. The maximum atomic E-state index is 11.7. The highest BCUT2D eigenvalue weighted by Gasteiger charge is 2.29. The van der Waals surface area contributed by atoms with E-state index in [1.54, 1.807) is 11.3 Å². The van der Waals surface area contributed by atoms with Crippen LogP contribution in [0.1, 0.15) is 23.4 Å². The van der Waals surface area contributed by atoms with E-state index >= 15 is 0 Å². The zero-order chi connectivity index (χ0) is 20.0. The van der Waals surface area contributed by atoms with E-state index in [9.17, 15) is 4.79 Å². The van der Waals surface area contributed by atoms with E-state index < -0.39 is 0 Å². The van der Waals surface area contributed by atoms with Gasteiger partial charge in [-0.2, -0.15) is 5.10 Å². The van der Waals surface area contributed by atoms with Crippen LogP contribution in [0.3, 0.4) is 0 Å². The number of aromatic amines is 1. The van der Waals surface area contributed by atoms with Gasteiger partial charge >= 0.3 is 0 Å². The number of thiophene rings is 1. The molecule has 0 saturated carbocycles. The van der Waals surface area contributed by atoms with Crippen LogP contribution in [0.5, 0.6) is 0 Å². The minimum atomic E-state index is -0.219. The van der Waals surface area contributed by atoms with Crippen molar-refractivity contribution in [3.8, 4) is 21.7 Å². The smallest absolute Gasteiger partial charge is 0.234 e. The standard InChI is InChI=1S/C21H22N6OS/c1-13-16(9-24-25-13)14-4-7-20-23-10-18(27(20)11-14)19-6-5-15(29-19)12-26-8-2-3-17(26)21(22)28/h4-7,9-11,17H,2-3,8,12H2,1H3,(H2,22,28)(H,24,25)/t17-/m0/s1. The average Bonchev–Trinajstić information content (AvgIpc) is 3.47. The molecular formula is C21H22N6OS. The number of nitrogens with one attached hydrogen (secondary N) is 1. The van der Waals surface area contributed by atoms with Crippen LogP contribution in [0, 0.1) is 6.92 Å². The van der Waals surface area contributed by atoms with Gasteiger partial charge in [0.15, 0.2) is 0 Å². The topological polar surface area (TPSA) is 92.3 Å². The number of pyridine rings is 1. The van der Waals surface area contributed by atoms with E-state index in [2.05, 4.69) is 48.9 Å². The molecule has 5 heterocycles. The molecule has 0 bridgehead atoms. The average molecular weight is 407 g/mol. The molecule has 0 aliphatic carbocycles. The van der Waals surface area contributed by atoms with Gasteiger partial charge in [-0.15, -0.1) is 11.3 Å². The Hall–Kier alpha value is -2.97. The van der Waals surface area contributed by atoms with Crippen molar-refractivity contribution < 1.29 is 4.79 Å². The number of carbonyl (C=O) groups excluding carboxylic acids is 1. The Balaban J connectivity index is 1.46. The fraction of sp³-hybridized carbons (Fsp3) is 0.286. The molecule has 7 nitrogen and oxygen atoms in total. The number of aromatic nitrogens is 4. The number of primary amides is 1. The monoisotopic (exact) mass is 406 g/mol. The first-order valence-electron chi connectivity index (χ1n) is 9.70. The molecule has 1 atom stereocenters. The summed E-state index contributed by atoms with van der Waals surface area (Å²) in [6, 6.07) is 8.23. The summed E-state index contributed by atoms with van der Waals surface area (Å²) in [6.45, 7) is 3.70. The normalized spacial score (nSPS) is 17.3. The van der Waals surface area contributed by atoms with E-state index in [4.69, 9.17) is 5.73 Å². The van der Waals surface area contributed by atoms with Gasteiger partial charge in [-0.05, 0) is 50.6 Å². The molecule has 3 N–H and O–H groups in total. The number of carbonyl (C=O) groups is 1. The SMILES string of the molecule is Cc1[nH]ncc1-c1ccc2ncc(-c3ccc(CN4CCC[C@H]4C(N)=O)s3)n2c1. The van der Waals surface area contributed by atoms with Crippen LogP contribution in [0.25, 0.3) is 27.3 Å². The summed E-state index contributed by atoms with van der Waals surface area (Å²) in [5.41, 5.74) is 10.8. The van der Waals surface area contributed by atoms with Crippen molar-refractivity contribution in [2.45, 2.75) is 32.4 Å². The number of nitrogens with zero attached hydrogens (tertiary/aromatic N) is 4. The fourth-order valence-electron chi connectivity index (χ4n) is 4.10. The number of hydrogen-bond donors (Lipinski definition) is 2. The largest absolute Gasteiger partial charge is 0.368 e. The van der Waals surface area contributed by atoms with Crippen LogP contribution in [-0.4, -0.2) is 43.0 Å². The Labute approximate surface area is 172 Å². The summed E-state index contributed by atoms with van der Waals surface area (Å²) < 4.78 is 2.12. The van der Waals surface area contributed by atoms with Crippen LogP contribution >= 0.6 is 11.3 Å². The fourth-order valence-corrected chi connectivity index (χ4v) is 5.14. The summed E-state index contributed by atoms with van der Waals surface area (Å²) in [7, 11) is 0. The maximum absolute atomic E-state index is 11.7. The van der Waals surface area contributed by atoms with Gasteiger partial charge in [-0.25, -0.2) is 4.98 Å². The molecule has 1 saturated heterocycles. The highest BCUT2D eigenvalue weighted by Crippen LogP contribution is 2.32. The van der Waals surface area contributed by atoms with Crippen LogP contribution in [-0.2, 0) is 11.3 Å². The lowest BCUT2D eigenvalue weighted by molar-refractivity contribution is -0.122. The molecule has 0 radical (unpaired) electrons. The van der Waals surface area contributed by atoms with Crippen molar-refractivity contribution in [1.29, 1.82) is 0 Å². The summed E-state index contributed by atoms with van der Waals surface area (Å²) in [5, 5.41) is 7.13. The van der Waals surface area contributed by atoms with Crippen LogP contribution in [0.15, 0.2) is 42.9 Å². The molecule has 0 aromatic carbocycles. The van der Waals surface area contributed by atoms with E-state index in [1.165, 1.54) is 4.88 Å². The lowest BCUT2D eigenvalue weighted by Gasteiger charge is -2.20. The van der Waals surface area contributed by atoms with Crippen molar-refractivity contribution >= 4 is 22.9 Å². The summed E-state index contributed by atoms with van der Waals surface area (Å²) in [4.78, 5) is 20.8. The summed E-state index contributed by atoms with van der Waals surface area (Å²) in [6.07, 6.45) is 7.76. The van der Waals surface area contributed by atoms with Gasteiger partial charge in [0.2, 0.25) is 5.91 Å². The van der Waals surface area contributed by atoms with Crippen LogP contribution < -0.4 is 5.73 Å². The third-order valence-electron chi connectivity index (χ3n) is 5.61. The van der Waals surface area contributed by atoms with Crippen molar-refractivity contribution in [3.05, 3.63) is 53.4 Å². The van der Waals surface area contributed by atoms with Gasteiger partial charge in [-0.1, -0.05) is 0 Å². The molecule has 29 heavy (non-hydrogen) atoms. The highest BCUT2D eigenvalue weighted by atomic mass is 32.1. The summed E-state index contributed by atoms with van der Waals surface area (Å²) in [5.74, 6) is -0.219. The number of rotatable bonds is 5. The number of hydrogen-bond acceptors (Lipinski definition) is 5. The maximum Gasteiger partial charge on any atom is 0.234 e. The zero-order valence-electron chi connectivity index (χ0n) is 16.1. The number of H-pyrrole nitrogens is 1. The number of imidazole rings is 1. The molecule has 4 aromatic rings. The lowest BCUT2D eigenvalue weighted by Crippen LogP contribution is -2.39. The van der Waals surface area contributed by atoms with E-state index in [0.29, 0.717) is 0 Å². The lowest BCUT2D eigenvalue weighted by atomic mass is 10.1. The predicted octanol–water partition coefficient (Wildman–Crippen LogP) is 3.21. The molecule has 148 valence electrons. The van der Waals surface area contributed by atoms with Crippen LogP contribution in [0.4, 0.5) is 0 Å². The molecule has 1 amide bonds. The van der Waals surface area contributed by atoms with Crippen LogP contribution in [0.2, 0.25) is 0 Å². The zero-order valence-corrected chi connectivity index (χ0v) is 16.9. The van der Waals surface area contributed by atoms with Gasteiger partial charge in [0, 0.05) is 34.4 Å². The van der Waals surface area contributed by atoms with Gasteiger partial charge in [-0.3, -0.25) is 19.2 Å². The molecule has 5 rings (SSSR count). The Kier molecular flexibility index (Phi) is 4.44. The Bertz CT molecular complexity index is 1190. The molecule has 1 aliphatic heterocycles. The molecule has 4 aromatic heterocycles. The molecular weight excluding hydrogens is 384 g/mol. The minimum Gasteiger partial charge on any atom is -0.368 e. The van der Waals surface area contributed by atoms with E-state index in [1.807, 2.05) is 25.4 Å². The number of amides is 1. The molecule has 0 spiro atoms. The second-order valence-corrected chi connectivity index (χ2v) is 8.66. The van der Waals surface area contributed by atoms with Gasteiger partial charge in [0.1, 0.15) is 5.65 Å². The minimum absolute atomic E-state index is 0.142. The van der Waals surface area contributed by atoms with Gasteiger partial charge < -0.3 is 5.73 Å². The van der Waals surface area contributed by atoms with Crippen molar-refractivity contribution in [2.75, 3.05) is 6.54 Å². The first-order chi connectivity index (χ1) is 14.1. The first kappa shape index (κ1) is 18.1. The molecule has 1 fully saturated rings. The number of fused-ring (bicyclic) bond motifs is 1. The first-order valence-corrected chi connectivity index (χ1v) is 10.5. The molecule has 1 aliphatic rings. The van der Waals surface area contributed by atoms with Crippen molar-refractivity contribution in [3.63, 3.8) is 0 Å².